The highest BCUT2D eigenvalue weighted by Gasteiger charge is 2.36. The molecule has 0 rings (SSSR count). The Morgan fingerprint density at radius 3 is 1.43 bits per heavy atom. The minimum absolute atomic E-state index is 0.0581. The molecule has 2 unspecified atom stereocenters. The maximum absolute atomic E-state index is 11.8. The highest BCUT2D eigenvalue weighted by Crippen LogP contribution is 2.59. The first-order valence-corrected chi connectivity index (χ1v) is 10.1. The summed E-state index contributed by atoms with van der Waals surface area (Å²) in [6.07, 6.45) is -3.47. The van der Waals surface area contributed by atoms with Crippen molar-refractivity contribution in [3.63, 3.8) is 0 Å². The number of ether oxygens (including phenoxy) is 2. The Balaban J connectivity index is 4.74. The summed E-state index contributed by atoms with van der Waals surface area (Å²) in [4.78, 5) is 43.4. The fourth-order valence-electron chi connectivity index (χ4n) is 1.37. The number of nitrogens with zero attached hydrogens (tertiary/aromatic N) is 2. The summed E-state index contributed by atoms with van der Waals surface area (Å²) >= 11 is 0. The summed E-state index contributed by atoms with van der Waals surface area (Å²) in [7, 11) is -6.90. The van der Waals surface area contributed by atoms with E-state index in [-0.39, 0.29) is 13.2 Å². The molecule has 0 aliphatic rings. The topological polar surface area (TPSA) is 143 Å². The second kappa shape index (κ2) is 9.24. The van der Waals surface area contributed by atoms with Crippen molar-refractivity contribution >= 4 is 27.4 Å². The van der Waals surface area contributed by atoms with Crippen LogP contribution in [0.2, 0.25) is 0 Å². The lowest BCUT2D eigenvalue weighted by atomic mass is 10.8. The van der Waals surface area contributed by atoms with Crippen LogP contribution in [0, 0.1) is 0 Å². The molecule has 11 nitrogen and oxygen atoms in total. The Bertz CT molecular complexity index is 469. The number of rotatable bonds is 8. The van der Waals surface area contributed by atoms with E-state index in [2.05, 4.69) is 13.8 Å². The van der Waals surface area contributed by atoms with Crippen LogP contribution < -0.4 is 0 Å². The Kier molecular flexibility index (Phi) is 8.79. The van der Waals surface area contributed by atoms with Gasteiger partial charge in [0.15, 0.2) is 0 Å². The van der Waals surface area contributed by atoms with E-state index in [9.17, 15) is 28.5 Å². The van der Waals surface area contributed by atoms with Crippen LogP contribution in [0.4, 0.5) is 9.59 Å². The van der Waals surface area contributed by atoms with Crippen LogP contribution in [0.3, 0.4) is 0 Å². The average molecular weight is 376 g/mol. The van der Waals surface area contributed by atoms with E-state index in [1.807, 2.05) is 0 Å². The number of hydrogen-bond acceptors (Lipinski definition) is 7. The van der Waals surface area contributed by atoms with Gasteiger partial charge in [-0.3, -0.25) is 18.9 Å². The van der Waals surface area contributed by atoms with Crippen molar-refractivity contribution in [1.82, 2.24) is 9.80 Å². The average Bonchev–Trinajstić information content (AvgIpc) is 2.36. The van der Waals surface area contributed by atoms with Crippen LogP contribution in [-0.2, 0) is 22.9 Å². The van der Waals surface area contributed by atoms with Crippen molar-refractivity contribution in [1.29, 1.82) is 0 Å². The fourth-order valence-corrected chi connectivity index (χ4v) is 4.68. The number of carbonyl (C=O) groups excluding carboxylic acids is 2. The molecule has 0 aromatic heterocycles. The lowest BCUT2D eigenvalue weighted by Gasteiger charge is -2.24. The molecule has 0 saturated carbocycles. The summed E-state index contributed by atoms with van der Waals surface area (Å²) in [6.45, 7) is 3.22. The predicted molar refractivity (Wildman–Crippen MR) is 80.0 cm³/mol. The molecule has 0 aliphatic heterocycles. The van der Waals surface area contributed by atoms with Crippen molar-refractivity contribution in [2.75, 3.05) is 39.9 Å². The number of hydrogen-bond donors (Lipinski definition) is 2. The van der Waals surface area contributed by atoms with Crippen LogP contribution in [-0.4, -0.2) is 71.7 Å². The van der Waals surface area contributed by atoms with Gasteiger partial charge >= 0.3 is 27.4 Å². The number of amides is 2. The second-order valence-electron chi connectivity index (χ2n) is 4.43. The Morgan fingerprint density at radius 1 is 0.870 bits per heavy atom. The molecule has 0 heterocycles. The van der Waals surface area contributed by atoms with Gasteiger partial charge in [0.2, 0.25) is 0 Å². The molecular weight excluding hydrogens is 354 g/mol. The van der Waals surface area contributed by atoms with Gasteiger partial charge in [0.25, 0.3) is 0 Å². The molecule has 0 aliphatic carbocycles. The van der Waals surface area contributed by atoms with Gasteiger partial charge in [-0.15, -0.1) is 0 Å². The lowest BCUT2D eigenvalue weighted by Crippen LogP contribution is -2.30. The lowest BCUT2D eigenvalue weighted by molar-refractivity contribution is 0.118. The molecule has 23 heavy (non-hydrogen) atoms. The first-order valence-electron chi connectivity index (χ1n) is 6.54. The standard InChI is InChI=1S/C10H22N2O9P2/c1-5-19-9(13)11(3)7-22(15,16)21-23(17,18)8-12(4)10(14)20-6-2/h5-8H2,1-4H3,(H,15,16)(H,17,18). The Labute approximate surface area is 134 Å². The normalized spacial score (nSPS) is 15.9. The van der Waals surface area contributed by atoms with Crippen molar-refractivity contribution < 1.29 is 42.3 Å². The monoisotopic (exact) mass is 376 g/mol. The van der Waals surface area contributed by atoms with Crippen molar-refractivity contribution in [2.45, 2.75) is 13.8 Å². The first kappa shape index (κ1) is 21.9. The molecule has 13 heteroatoms. The molecule has 0 spiro atoms. The van der Waals surface area contributed by atoms with Crippen molar-refractivity contribution in [3.05, 3.63) is 0 Å². The van der Waals surface area contributed by atoms with E-state index in [0.717, 1.165) is 23.9 Å². The molecule has 0 radical (unpaired) electrons. The molecule has 0 bridgehead atoms. The van der Waals surface area contributed by atoms with Gasteiger partial charge in [-0.25, -0.2) is 13.9 Å². The number of carbonyl (C=O) groups is 2. The molecule has 2 amide bonds. The van der Waals surface area contributed by atoms with Crippen LogP contribution in [0.15, 0.2) is 0 Å². The third kappa shape index (κ3) is 8.92. The van der Waals surface area contributed by atoms with Gasteiger partial charge in [0, 0.05) is 14.1 Å². The summed E-state index contributed by atoms with van der Waals surface area (Å²) in [6, 6.07) is 0. The largest absolute Gasteiger partial charge is 0.450 e. The zero-order chi connectivity index (χ0) is 18.3. The van der Waals surface area contributed by atoms with E-state index >= 15 is 0 Å². The van der Waals surface area contributed by atoms with E-state index in [1.165, 1.54) is 0 Å². The maximum atomic E-state index is 11.8. The summed E-state index contributed by atoms with van der Waals surface area (Å²) in [5, 5.41) is 0. The van der Waals surface area contributed by atoms with E-state index in [4.69, 9.17) is 0 Å². The molecule has 2 atom stereocenters. The van der Waals surface area contributed by atoms with Crippen LogP contribution in [0.25, 0.3) is 0 Å². The zero-order valence-corrected chi connectivity index (χ0v) is 15.2. The summed E-state index contributed by atoms with van der Waals surface area (Å²) in [5.74, 6) is 0. The molecule has 0 fully saturated rings. The smallest absolute Gasteiger partial charge is 0.410 e. The van der Waals surface area contributed by atoms with Gasteiger partial charge in [-0.2, -0.15) is 0 Å². The highest BCUT2D eigenvalue weighted by molar-refractivity contribution is 7.66. The first-order chi connectivity index (χ1) is 10.4. The van der Waals surface area contributed by atoms with Crippen LogP contribution >= 0.6 is 15.2 Å². The summed E-state index contributed by atoms with van der Waals surface area (Å²) < 4.78 is 37.2. The van der Waals surface area contributed by atoms with Gasteiger partial charge in [-0.05, 0) is 13.8 Å². The van der Waals surface area contributed by atoms with Crippen molar-refractivity contribution in [2.24, 2.45) is 0 Å². The Morgan fingerprint density at radius 2 is 1.17 bits per heavy atom. The predicted octanol–water partition coefficient (Wildman–Crippen LogP) is 1.47. The zero-order valence-electron chi connectivity index (χ0n) is 13.4. The van der Waals surface area contributed by atoms with Gasteiger partial charge < -0.3 is 19.3 Å². The highest BCUT2D eigenvalue weighted by atomic mass is 31.3. The molecule has 0 aromatic carbocycles. The SMILES string of the molecule is CCOC(=O)N(C)CP(=O)(O)OP(=O)(O)CN(C)C(=O)OCC. The maximum Gasteiger partial charge on any atom is 0.410 e. The van der Waals surface area contributed by atoms with E-state index in [1.54, 1.807) is 13.8 Å². The van der Waals surface area contributed by atoms with Crippen LogP contribution in [0.5, 0.6) is 0 Å². The van der Waals surface area contributed by atoms with Crippen molar-refractivity contribution in [3.8, 4) is 0 Å². The fraction of sp³-hybridized carbons (Fsp3) is 0.800. The third-order valence-corrected chi connectivity index (χ3v) is 5.80. The van der Waals surface area contributed by atoms with Gasteiger partial charge in [0.1, 0.15) is 12.6 Å². The van der Waals surface area contributed by atoms with E-state index < -0.39 is 39.9 Å². The van der Waals surface area contributed by atoms with Crippen LogP contribution in [0.1, 0.15) is 13.8 Å². The van der Waals surface area contributed by atoms with Gasteiger partial charge in [0.05, 0.1) is 13.2 Å². The van der Waals surface area contributed by atoms with Gasteiger partial charge in [-0.1, -0.05) is 0 Å². The minimum Gasteiger partial charge on any atom is -0.450 e. The molecule has 2 N–H and O–H groups in total. The summed E-state index contributed by atoms with van der Waals surface area (Å²) in [5.41, 5.74) is 0. The third-order valence-electron chi connectivity index (χ3n) is 2.20. The quantitative estimate of drug-likeness (QED) is 0.602. The molecule has 0 saturated heterocycles. The minimum atomic E-state index is -4.62. The Hall–Kier alpha value is -1.12. The molecule has 136 valence electrons. The second-order valence-corrected chi connectivity index (χ2v) is 8.20. The molecular formula is C10H22N2O9P2. The molecule has 0 aromatic rings. The van der Waals surface area contributed by atoms with E-state index in [0.29, 0.717) is 0 Å².